The van der Waals surface area contributed by atoms with Crippen LogP contribution < -0.4 is 10.2 Å². The van der Waals surface area contributed by atoms with Gasteiger partial charge in [-0.15, -0.1) is 0 Å². The minimum atomic E-state index is -0.574. The number of amides is 2. The van der Waals surface area contributed by atoms with Crippen LogP contribution in [0.4, 0.5) is 11.4 Å². The van der Waals surface area contributed by atoms with Crippen LogP contribution in [0.2, 0.25) is 0 Å². The Hall–Kier alpha value is -2.60. The van der Waals surface area contributed by atoms with Gasteiger partial charge in [-0.05, 0) is 61.2 Å². The number of amidine groups is 1. The van der Waals surface area contributed by atoms with Crippen LogP contribution in [0.5, 0.6) is 0 Å². The number of thioether (sulfide) groups is 1. The van der Waals surface area contributed by atoms with E-state index in [4.69, 9.17) is 5.41 Å². The number of nitrogens with one attached hydrogen (secondary N) is 2. The Morgan fingerprint density at radius 2 is 1.85 bits per heavy atom. The van der Waals surface area contributed by atoms with Crippen molar-refractivity contribution >= 4 is 40.1 Å². The van der Waals surface area contributed by atoms with E-state index >= 15 is 0 Å². The van der Waals surface area contributed by atoms with E-state index in [0.29, 0.717) is 5.69 Å². The molecule has 1 heterocycles. The maximum Gasteiger partial charge on any atom is 0.247 e. The summed E-state index contributed by atoms with van der Waals surface area (Å²) >= 11 is 1.13. The number of benzene rings is 2. The highest BCUT2D eigenvalue weighted by molar-refractivity contribution is 8.16. The molecule has 3 rings (SSSR count). The number of carbonyl (C=O) groups excluding carboxylic acids is 2. The van der Waals surface area contributed by atoms with E-state index < -0.39 is 5.25 Å². The van der Waals surface area contributed by atoms with Crippen molar-refractivity contribution < 1.29 is 9.59 Å². The summed E-state index contributed by atoms with van der Waals surface area (Å²) in [5, 5.41) is 10.6. The number of hydrogen-bond acceptors (Lipinski definition) is 4. The van der Waals surface area contributed by atoms with Crippen molar-refractivity contribution in [1.29, 1.82) is 5.41 Å². The van der Waals surface area contributed by atoms with Gasteiger partial charge in [-0.1, -0.05) is 36.9 Å². The van der Waals surface area contributed by atoms with Gasteiger partial charge in [-0.3, -0.25) is 19.9 Å². The minimum absolute atomic E-state index is 0.0440. The van der Waals surface area contributed by atoms with Crippen LogP contribution in [0.25, 0.3) is 0 Å². The van der Waals surface area contributed by atoms with Crippen LogP contribution in [0, 0.1) is 19.3 Å². The highest BCUT2D eigenvalue weighted by Gasteiger charge is 2.39. The van der Waals surface area contributed by atoms with Gasteiger partial charge in [0.2, 0.25) is 11.8 Å². The summed E-state index contributed by atoms with van der Waals surface area (Å²) in [6.45, 7) is 6.07. The molecule has 0 spiro atoms. The van der Waals surface area contributed by atoms with Gasteiger partial charge in [-0.2, -0.15) is 0 Å². The van der Waals surface area contributed by atoms with E-state index in [9.17, 15) is 9.59 Å². The summed E-state index contributed by atoms with van der Waals surface area (Å²) in [6.07, 6.45) is 0.962. The van der Waals surface area contributed by atoms with E-state index in [1.165, 1.54) is 10.5 Å². The highest BCUT2D eigenvalue weighted by Crippen LogP contribution is 2.33. The van der Waals surface area contributed by atoms with E-state index in [-0.39, 0.29) is 23.4 Å². The van der Waals surface area contributed by atoms with Gasteiger partial charge in [0.15, 0.2) is 5.17 Å². The molecule has 1 aliphatic heterocycles. The second-order valence-electron chi connectivity index (χ2n) is 6.66. The van der Waals surface area contributed by atoms with E-state index in [0.717, 1.165) is 35.0 Å². The molecule has 2 aromatic rings. The Labute approximate surface area is 163 Å². The zero-order chi connectivity index (χ0) is 19.6. The topological polar surface area (TPSA) is 73.3 Å². The molecular formula is C21H23N3O2S. The fourth-order valence-electron chi connectivity index (χ4n) is 2.94. The number of hydrogen-bond donors (Lipinski definition) is 2. The van der Waals surface area contributed by atoms with Crippen LogP contribution in [-0.4, -0.2) is 22.2 Å². The molecule has 0 aromatic heterocycles. The lowest BCUT2D eigenvalue weighted by atomic mass is 10.1. The smallest absolute Gasteiger partial charge is 0.247 e. The largest absolute Gasteiger partial charge is 0.326 e. The van der Waals surface area contributed by atoms with Gasteiger partial charge >= 0.3 is 0 Å². The van der Waals surface area contributed by atoms with Crippen molar-refractivity contribution in [1.82, 2.24) is 0 Å². The first-order chi connectivity index (χ1) is 12.9. The number of anilines is 2. The van der Waals surface area contributed by atoms with Gasteiger partial charge < -0.3 is 5.32 Å². The van der Waals surface area contributed by atoms with Crippen molar-refractivity contribution in [3.05, 3.63) is 59.2 Å². The SMILES string of the molecule is CCc1ccc(N2C(=N)SC(CC(=O)Nc3ccc(C)c(C)c3)C2=O)cc1. The molecule has 1 fully saturated rings. The minimum Gasteiger partial charge on any atom is -0.326 e. The Morgan fingerprint density at radius 3 is 2.48 bits per heavy atom. The Morgan fingerprint density at radius 1 is 1.15 bits per heavy atom. The third-order valence-electron chi connectivity index (χ3n) is 4.72. The fraction of sp³-hybridized carbons (Fsp3) is 0.286. The predicted octanol–water partition coefficient (Wildman–Crippen LogP) is 4.28. The lowest BCUT2D eigenvalue weighted by molar-refractivity contribution is -0.121. The molecule has 2 aromatic carbocycles. The molecular weight excluding hydrogens is 358 g/mol. The van der Waals surface area contributed by atoms with Crippen LogP contribution in [-0.2, 0) is 16.0 Å². The standard InChI is InChI=1S/C21H23N3O2S/c1-4-15-6-9-17(10-7-15)24-20(26)18(27-21(24)22)12-19(25)23-16-8-5-13(2)14(3)11-16/h5-11,18,22H,4,12H2,1-3H3,(H,23,25). The molecule has 0 radical (unpaired) electrons. The van der Waals surface area contributed by atoms with Gasteiger partial charge in [0.05, 0.1) is 5.69 Å². The molecule has 0 bridgehead atoms. The fourth-order valence-corrected chi connectivity index (χ4v) is 3.95. The second kappa shape index (κ2) is 7.96. The number of rotatable bonds is 5. The molecule has 0 aliphatic carbocycles. The molecule has 6 heteroatoms. The van der Waals surface area contributed by atoms with E-state index in [2.05, 4.69) is 12.2 Å². The lowest BCUT2D eigenvalue weighted by Crippen LogP contribution is -2.33. The van der Waals surface area contributed by atoms with E-state index in [1.807, 2.05) is 56.3 Å². The monoisotopic (exact) mass is 381 g/mol. The molecule has 2 amide bonds. The maximum absolute atomic E-state index is 12.7. The van der Waals surface area contributed by atoms with Crippen LogP contribution in [0.15, 0.2) is 42.5 Å². The van der Waals surface area contributed by atoms with Gasteiger partial charge in [0.25, 0.3) is 0 Å². The third-order valence-corrected chi connectivity index (χ3v) is 5.78. The normalized spacial score (nSPS) is 16.7. The number of nitrogens with zero attached hydrogens (tertiary/aromatic N) is 1. The lowest BCUT2D eigenvalue weighted by Gasteiger charge is -2.16. The van der Waals surface area contributed by atoms with Crippen molar-refractivity contribution in [3.63, 3.8) is 0 Å². The van der Waals surface area contributed by atoms with E-state index in [1.54, 1.807) is 0 Å². The zero-order valence-electron chi connectivity index (χ0n) is 15.7. The average molecular weight is 382 g/mol. The van der Waals surface area contributed by atoms with Crippen LogP contribution in [0.1, 0.15) is 30.0 Å². The molecule has 27 heavy (non-hydrogen) atoms. The molecule has 140 valence electrons. The van der Waals surface area contributed by atoms with Crippen LogP contribution in [0.3, 0.4) is 0 Å². The number of aryl methyl sites for hydroxylation is 3. The first-order valence-electron chi connectivity index (χ1n) is 8.94. The summed E-state index contributed by atoms with van der Waals surface area (Å²) in [5.74, 6) is -0.440. The van der Waals surface area contributed by atoms with Crippen molar-refractivity contribution in [2.75, 3.05) is 10.2 Å². The second-order valence-corrected chi connectivity index (χ2v) is 7.85. The first-order valence-corrected chi connectivity index (χ1v) is 9.82. The van der Waals surface area contributed by atoms with Gasteiger partial charge in [0.1, 0.15) is 5.25 Å². The van der Waals surface area contributed by atoms with Gasteiger partial charge in [-0.25, -0.2) is 0 Å². The summed E-state index contributed by atoms with van der Waals surface area (Å²) in [7, 11) is 0. The van der Waals surface area contributed by atoms with Gasteiger partial charge in [0, 0.05) is 12.1 Å². The molecule has 5 nitrogen and oxygen atoms in total. The average Bonchev–Trinajstić information content (AvgIpc) is 2.91. The highest BCUT2D eigenvalue weighted by atomic mass is 32.2. The summed E-state index contributed by atoms with van der Waals surface area (Å²) < 4.78 is 0. The molecule has 1 aliphatic rings. The summed E-state index contributed by atoms with van der Waals surface area (Å²) in [5.41, 5.74) is 4.83. The molecule has 2 N–H and O–H groups in total. The quantitative estimate of drug-likeness (QED) is 0.812. The predicted molar refractivity (Wildman–Crippen MR) is 112 cm³/mol. The van der Waals surface area contributed by atoms with Crippen molar-refractivity contribution in [2.24, 2.45) is 0 Å². The molecule has 1 saturated heterocycles. The Kier molecular flexibility index (Phi) is 5.65. The molecule has 1 atom stereocenters. The first kappa shape index (κ1) is 19.2. The molecule has 0 saturated carbocycles. The Bertz CT molecular complexity index is 893. The maximum atomic E-state index is 12.7. The van der Waals surface area contributed by atoms with Crippen molar-refractivity contribution in [2.45, 2.75) is 38.9 Å². The zero-order valence-corrected chi connectivity index (χ0v) is 16.5. The Balaban J connectivity index is 1.67. The van der Waals surface area contributed by atoms with Crippen molar-refractivity contribution in [3.8, 4) is 0 Å². The summed E-state index contributed by atoms with van der Waals surface area (Å²) in [6, 6.07) is 13.3. The summed E-state index contributed by atoms with van der Waals surface area (Å²) in [4.78, 5) is 26.5. The third kappa shape index (κ3) is 4.22. The van der Waals surface area contributed by atoms with Crippen LogP contribution >= 0.6 is 11.8 Å². The molecule has 1 unspecified atom stereocenters. The number of carbonyl (C=O) groups is 2.